The van der Waals surface area contributed by atoms with Gasteiger partial charge in [-0.15, -0.1) is 11.6 Å². The highest BCUT2D eigenvalue weighted by atomic mass is 35.5. The van der Waals surface area contributed by atoms with Gasteiger partial charge in [0.25, 0.3) is 10.0 Å². The first-order chi connectivity index (χ1) is 6.02. The van der Waals surface area contributed by atoms with E-state index in [0.717, 1.165) is 0 Å². The third kappa shape index (κ3) is 2.98. The number of H-pyrrole nitrogens is 1. The number of aromatic amines is 1. The Morgan fingerprint density at radius 1 is 1.77 bits per heavy atom. The number of nitrogens with zero attached hydrogens (tertiary/aromatic N) is 1. The van der Waals surface area contributed by atoms with E-state index in [2.05, 4.69) is 14.7 Å². The number of halogens is 1. The lowest BCUT2D eigenvalue weighted by Crippen LogP contribution is -2.28. The summed E-state index contributed by atoms with van der Waals surface area (Å²) in [5.41, 5.74) is 0. The molecule has 74 valence electrons. The molecule has 0 aromatic carbocycles. The van der Waals surface area contributed by atoms with Gasteiger partial charge < -0.3 is 4.98 Å². The minimum atomic E-state index is -3.46. The van der Waals surface area contributed by atoms with Gasteiger partial charge in [0.1, 0.15) is 0 Å². The lowest BCUT2D eigenvalue weighted by Gasteiger charge is -2.04. The van der Waals surface area contributed by atoms with E-state index in [1.165, 1.54) is 12.5 Å². The van der Waals surface area contributed by atoms with Crippen molar-refractivity contribution in [2.45, 2.75) is 17.3 Å². The van der Waals surface area contributed by atoms with Crippen molar-refractivity contribution in [2.75, 3.05) is 6.54 Å². The van der Waals surface area contributed by atoms with E-state index >= 15 is 0 Å². The van der Waals surface area contributed by atoms with Crippen molar-refractivity contribution >= 4 is 21.6 Å². The van der Waals surface area contributed by atoms with Crippen molar-refractivity contribution in [1.82, 2.24) is 14.7 Å². The number of aromatic nitrogens is 2. The molecule has 0 saturated carbocycles. The predicted molar refractivity (Wildman–Crippen MR) is 49.1 cm³/mol. The summed E-state index contributed by atoms with van der Waals surface area (Å²) in [6.07, 6.45) is 2.54. The Morgan fingerprint density at radius 2 is 2.46 bits per heavy atom. The van der Waals surface area contributed by atoms with Gasteiger partial charge in [-0.25, -0.2) is 18.1 Å². The maximum atomic E-state index is 11.4. The van der Waals surface area contributed by atoms with Gasteiger partial charge in [-0.05, 0) is 6.92 Å². The van der Waals surface area contributed by atoms with E-state index in [0.29, 0.717) is 0 Å². The molecule has 0 aliphatic heterocycles. The molecule has 0 radical (unpaired) electrons. The Kier molecular flexibility index (Phi) is 3.29. The smallest absolute Gasteiger partial charge is 0.257 e. The van der Waals surface area contributed by atoms with Crippen LogP contribution in [0, 0.1) is 0 Å². The molecule has 1 rings (SSSR count). The standard InChI is InChI=1S/C6H10ClN3O2S/c1-5(7)2-10-13(11,12)6-3-8-4-9-6/h3-5,10H,2H2,1H3,(H,8,9). The van der Waals surface area contributed by atoms with E-state index in [1.54, 1.807) is 6.92 Å². The van der Waals surface area contributed by atoms with Crippen LogP contribution in [0.1, 0.15) is 6.92 Å². The molecule has 2 N–H and O–H groups in total. The minimum absolute atomic E-state index is 0.0461. The van der Waals surface area contributed by atoms with Gasteiger partial charge >= 0.3 is 0 Å². The molecule has 0 spiro atoms. The van der Waals surface area contributed by atoms with Crippen molar-refractivity contribution in [3.8, 4) is 0 Å². The Morgan fingerprint density at radius 3 is 2.92 bits per heavy atom. The molecule has 1 aromatic heterocycles. The highest BCUT2D eigenvalue weighted by Gasteiger charge is 2.15. The number of sulfonamides is 1. The molecule has 0 saturated heterocycles. The first-order valence-electron chi connectivity index (χ1n) is 3.64. The first kappa shape index (κ1) is 10.5. The van der Waals surface area contributed by atoms with Crippen molar-refractivity contribution < 1.29 is 8.42 Å². The van der Waals surface area contributed by atoms with E-state index in [9.17, 15) is 8.42 Å². The fourth-order valence-electron chi connectivity index (χ4n) is 0.692. The van der Waals surface area contributed by atoms with Crippen LogP contribution >= 0.6 is 11.6 Å². The molecular formula is C6H10ClN3O2S. The number of hydrogen-bond acceptors (Lipinski definition) is 3. The maximum Gasteiger partial charge on any atom is 0.257 e. The Hall–Kier alpha value is -0.590. The number of rotatable bonds is 4. The van der Waals surface area contributed by atoms with E-state index < -0.39 is 10.0 Å². The molecule has 0 aliphatic rings. The van der Waals surface area contributed by atoms with E-state index in [4.69, 9.17) is 11.6 Å². The summed E-state index contributed by atoms with van der Waals surface area (Å²) in [6.45, 7) is 1.90. The zero-order chi connectivity index (χ0) is 9.90. The molecule has 0 bridgehead atoms. The summed E-state index contributed by atoms with van der Waals surface area (Å²) in [4.78, 5) is 6.10. The quantitative estimate of drug-likeness (QED) is 0.722. The average Bonchev–Trinajstić information content (AvgIpc) is 2.53. The summed E-state index contributed by atoms with van der Waals surface area (Å²) in [5.74, 6) is 0. The van der Waals surface area contributed by atoms with E-state index in [-0.39, 0.29) is 16.9 Å². The number of alkyl halides is 1. The van der Waals surface area contributed by atoms with Gasteiger partial charge in [-0.2, -0.15) is 0 Å². The Labute approximate surface area is 81.6 Å². The zero-order valence-electron chi connectivity index (χ0n) is 6.99. The van der Waals surface area contributed by atoms with Crippen LogP contribution in [0.2, 0.25) is 0 Å². The molecule has 1 heterocycles. The molecule has 7 heteroatoms. The van der Waals surface area contributed by atoms with Gasteiger partial charge in [-0.3, -0.25) is 0 Å². The van der Waals surface area contributed by atoms with Crippen molar-refractivity contribution in [1.29, 1.82) is 0 Å². The summed E-state index contributed by atoms with van der Waals surface area (Å²) in [6, 6.07) is 0. The molecule has 1 atom stereocenters. The van der Waals surface area contributed by atoms with Crippen LogP contribution in [-0.2, 0) is 10.0 Å². The fourth-order valence-corrected chi connectivity index (χ4v) is 1.89. The second-order valence-electron chi connectivity index (χ2n) is 2.55. The number of imidazole rings is 1. The van der Waals surface area contributed by atoms with Crippen LogP contribution in [0.25, 0.3) is 0 Å². The van der Waals surface area contributed by atoms with Crippen molar-refractivity contribution in [3.63, 3.8) is 0 Å². The molecule has 1 unspecified atom stereocenters. The van der Waals surface area contributed by atoms with Gasteiger partial charge in [0, 0.05) is 11.9 Å². The van der Waals surface area contributed by atoms with Gasteiger partial charge in [0.2, 0.25) is 0 Å². The SMILES string of the molecule is CC(Cl)CNS(=O)(=O)c1cnc[nH]1. The molecule has 0 amide bonds. The molecule has 1 aromatic rings. The van der Waals surface area contributed by atoms with Gasteiger partial charge in [0.05, 0.1) is 12.5 Å². The van der Waals surface area contributed by atoms with Gasteiger partial charge in [0.15, 0.2) is 5.03 Å². The molecule has 0 aliphatic carbocycles. The monoisotopic (exact) mass is 223 g/mol. The zero-order valence-corrected chi connectivity index (χ0v) is 8.56. The number of hydrogen-bond donors (Lipinski definition) is 2. The molecular weight excluding hydrogens is 214 g/mol. The number of nitrogens with one attached hydrogen (secondary N) is 2. The highest BCUT2D eigenvalue weighted by molar-refractivity contribution is 7.89. The van der Waals surface area contributed by atoms with Crippen LogP contribution in [0.5, 0.6) is 0 Å². The summed E-state index contributed by atoms with van der Waals surface area (Å²) in [5, 5.41) is -0.192. The van der Waals surface area contributed by atoms with Crippen LogP contribution in [0.3, 0.4) is 0 Å². The predicted octanol–water partition coefficient (Wildman–Crippen LogP) is 0.315. The largest absolute Gasteiger partial charge is 0.335 e. The molecule has 5 nitrogen and oxygen atoms in total. The van der Waals surface area contributed by atoms with Crippen molar-refractivity contribution in [2.24, 2.45) is 0 Å². The Balaban J connectivity index is 2.68. The van der Waals surface area contributed by atoms with Crippen LogP contribution in [0.15, 0.2) is 17.6 Å². The molecule has 13 heavy (non-hydrogen) atoms. The third-order valence-corrected chi connectivity index (χ3v) is 2.82. The van der Waals surface area contributed by atoms with Crippen LogP contribution < -0.4 is 4.72 Å². The van der Waals surface area contributed by atoms with Crippen LogP contribution in [-0.4, -0.2) is 30.3 Å². The lowest BCUT2D eigenvalue weighted by molar-refractivity contribution is 0.578. The third-order valence-electron chi connectivity index (χ3n) is 1.32. The maximum absolute atomic E-state index is 11.4. The summed E-state index contributed by atoms with van der Waals surface area (Å²) >= 11 is 5.59. The second-order valence-corrected chi connectivity index (χ2v) is 5.03. The second kappa shape index (κ2) is 4.08. The topological polar surface area (TPSA) is 74.8 Å². The summed E-state index contributed by atoms with van der Waals surface area (Å²) < 4.78 is 25.0. The van der Waals surface area contributed by atoms with Crippen LogP contribution in [0.4, 0.5) is 0 Å². The van der Waals surface area contributed by atoms with Crippen molar-refractivity contribution in [3.05, 3.63) is 12.5 Å². The normalized spacial score (nSPS) is 14.3. The first-order valence-corrected chi connectivity index (χ1v) is 5.56. The lowest BCUT2D eigenvalue weighted by atomic mass is 10.5. The minimum Gasteiger partial charge on any atom is -0.335 e. The fraction of sp³-hybridized carbons (Fsp3) is 0.500. The average molecular weight is 224 g/mol. The Bertz CT molecular complexity index is 346. The highest BCUT2D eigenvalue weighted by Crippen LogP contribution is 2.02. The van der Waals surface area contributed by atoms with Gasteiger partial charge in [-0.1, -0.05) is 0 Å². The van der Waals surface area contributed by atoms with E-state index in [1.807, 2.05) is 0 Å². The molecule has 0 fully saturated rings. The summed E-state index contributed by atoms with van der Waals surface area (Å²) in [7, 11) is -3.46.